The molecule has 0 bridgehead atoms. The van der Waals surface area contributed by atoms with Crippen LogP contribution < -0.4 is 15.0 Å². The van der Waals surface area contributed by atoms with Crippen LogP contribution in [0.15, 0.2) is 78.5 Å². The van der Waals surface area contributed by atoms with E-state index in [2.05, 4.69) is 5.32 Å². The molecule has 6 heteroatoms. The molecule has 1 N–H and O–H groups in total. The van der Waals surface area contributed by atoms with Crippen LogP contribution in [0.1, 0.15) is 11.1 Å². The van der Waals surface area contributed by atoms with Gasteiger partial charge in [-0.15, -0.1) is 0 Å². The van der Waals surface area contributed by atoms with Crippen molar-refractivity contribution in [2.75, 3.05) is 17.3 Å². The molecule has 0 fully saturated rings. The number of amides is 2. The summed E-state index contributed by atoms with van der Waals surface area (Å²) in [7, 11) is 1.54. The number of carbonyl (C=O) groups excluding carboxylic acids is 2. The van der Waals surface area contributed by atoms with E-state index in [1.165, 1.54) is 24.3 Å². The van der Waals surface area contributed by atoms with E-state index < -0.39 is 17.6 Å². The monoisotopic (exact) mass is 402 g/mol. The van der Waals surface area contributed by atoms with Crippen LogP contribution in [-0.2, 0) is 9.59 Å². The Hall–Kier alpha value is -3.93. The van der Waals surface area contributed by atoms with E-state index in [4.69, 9.17) is 4.74 Å². The third-order valence-corrected chi connectivity index (χ3v) is 4.83. The maximum Gasteiger partial charge on any atom is 0.282 e. The van der Waals surface area contributed by atoms with Crippen molar-refractivity contribution in [3.05, 3.63) is 95.4 Å². The molecule has 3 aromatic rings. The van der Waals surface area contributed by atoms with Crippen LogP contribution in [0.25, 0.3) is 5.57 Å². The Morgan fingerprint density at radius 2 is 1.60 bits per heavy atom. The van der Waals surface area contributed by atoms with E-state index in [9.17, 15) is 14.0 Å². The Bertz CT molecular complexity index is 1150. The molecule has 4 rings (SSSR count). The van der Waals surface area contributed by atoms with Gasteiger partial charge in [-0.25, -0.2) is 9.29 Å². The van der Waals surface area contributed by atoms with Crippen molar-refractivity contribution in [1.82, 2.24) is 0 Å². The number of nitrogens with zero attached hydrogens (tertiary/aromatic N) is 1. The van der Waals surface area contributed by atoms with Gasteiger partial charge < -0.3 is 10.1 Å². The number of benzene rings is 3. The average Bonchev–Trinajstić information content (AvgIpc) is 2.98. The van der Waals surface area contributed by atoms with E-state index >= 15 is 0 Å². The molecule has 1 heterocycles. The summed E-state index contributed by atoms with van der Waals surface area (Å²) in [4.78, 5) is 27.7. The molecule has 150 valence electrons. The fourth-order valence-electron chi connectivity index (χ4n) is 3.36. The van der Waals surface area contributed by atoms with Crippen LogP contribution in [0.2, 0.25) is 0 Å². The molecule has 3 aromatic carbocycles. The number of methoxy groups -OCH3 is 1. The molecule has 0 atom stereocenters. The highest BCUT2D eigenvalue weighted by Crippen LogP contribution is 2.34. The van der Waals surface area contributed by atoms with Crippen molar-refractivity contribution in [2.24, 2.45) is 0 Å². The Morgan fingerprint density at radius 1 is 0.900 bits per heavy atom. The molecule has 5 nitrogen and oxygen atoms in total. The lowest BCUT2D eigenvalue weighted by atomic mass is 10.0. The summed E-state index contributed by atoms with van der Waals surface area (Å²) in [5, 5.41) is 3.10. The molecule has 0 saturated heterocycles. The predicted molar refractivity (Wildman–Crippen MR) is 114 cm³/mol. The average molecular weight is 402 g/mol. The summed E-state index contributed by atoms with van der Waals surface area (Å²) in [6.45, 7) is 1.94. The van der Waals surface area contributed by atoms with Crippen molar-refractivity contribution in [3.8, 4) is 5.75 Å². The van der Waals surface area contributed by atoms with Gasteiger partial charge in [-0.3, -0.25) is 9.59 Å². The van der Waals surface area contributed by atoms with E-state index in [1.54, 1.807) is 31.4 Å². The molecule has 0 spiro atoms. The smallest absolute Gasteiger partial charge is 0.282 e. The fraction of sp³-hybridized carbons (Fsp3) is 0.0833. The van der Waals surface area contributed by atoms with Crippen LogP contribution in [0.4, 0.5) is 15.8 Å². The van der Waals surface area contributed by atoms with Crippen LogP contribution in [0.3, 0.4) is 0 Å². The number of hydrogen-bond acceptors (Lipinski definition) is 4. The Kier molecular flexibility index (Phi) is 5.06. The quantitative estimate of drug-likeness (QED) is 0.637. The number of anilines is 2. The lowest BCUT2D eigenvalue weighted by molar-refractivity contribution is -0.120. The second-order valence-corrected chi connectivity index (χ2v) is 6.90. The van der Waals surface area contributed by atoms with Crippen molar-refractivity contribution >= 4 is 28.8 Å². The number of carbonyl (C=O) groups is 2. The highest BCUT2D eigenvalue weighted by Gasteiger charge is 2.40. The van der Waals surface area contributed by atoms with Gasteiger partial charge in [0.25, 0.3) is 11.8 Å². The zero-order valence-electron chi connectivity index (χ0n) is 16.5. The molecule has 0 aliphatic carbocycles. The number of imide groups is 1. The van der Waals surface area contributed by atoms with E-state index in [-0.39, 0.29) is 11.3 Å². The summed E-state index contributed by atoms with van der Waals surface area (Å²) >= 11 is 0. The number of nitrogens with one attached hydrogen (secondary N) is 1. The molecule has 2 amide bonds. The van der Waals surface area contributed by atoms with Crippen molar-refractivity contribution < 1.29 is 18.7 Å². The highest BCUT2D eigenvalue weighted by molar-refractivity contribution is 6.46. The molecule has 1 aliphatic heterocycles. The number of ether oxygens (including phenoxy) is 1. The van der Waals surface area contributed by atoms with Crippen LogP contribution in [0, 0.1) is 12.7 Å². The molecular formula is C24H19FN2O3. The van der Waals surface area contributed by atoms with Crippen LogP contribution >= 0.6 is 0 Å². The molecular weight excluding hydrogens is 383 g/mol. The fourth-order valence-corrected chi connectivity index (χ4v) is 3.36. The second kappa shape index (κ2) is 7.83. The van der Waals surface area contributed by atoms with Gasteiger partial charge in [0, 0.05) is 5.69 Å². The van der Waals surface area contributed by atoms with Crippen LogP contribution in [0.5, 0.6) is 5.75 Å². The van der Waals surface area contributed by atoms with Gasteiger partial charge in [-0.2, -0.15) is 0 Å². The SMILES string of the molecule is COc1ccc(N2C(=O)C(Nc3cccc(C)c3)=C(c3ccc(F)cc3)C2=O)cc1. The summed E-state index contributed by atoms with van der Waals surface area (Å²) in [6.07, 6.45) is 0. The van der Waals surface area contributed by atoms with Gasteiger partial charge >= 0.3 is 0 Å². The number of hydrogen-bond donors (Lipinski definition) is 1. The molecule has 1 aliphatic rings. The van der Waals surface area contributed by atoms with E-state index in [0.717, 1.165) is 10.5 Å². The summed E-state index contributed by atoms with van der Waals surface area (Å²) in [5.41, 5.74) is 2.91. The minimum absolute atomic E-state index is 0.146. The number of rotatable bonds is 5. The molecule has 0 unspecified atom stereocenters. The molecule has 30 heavy (non-hydrogen) atoms. The first-order valence-corrected chi connectivity index (χ1v) is 9.34. The van der Waals surface area contributed by atoms with Crippen LogP contribution in [-0.4, -0.2) is 18.9 Å². The third kappa shape index (κ3) is 3.55. The molecule has 0 saturated carbocycles. The van der Waals surface area contributed by atoms with Crippen molar-refractivity contribution in [1.29, 1.82) is 0 Å². The van der Waals surface area contributed by atoms with E-state index in [0.29, 0.717) is 22.7 Å². The van der Waals surface area contributed by atoms with E-state index in [1.807, 2.05) is 31.2 Å². The first-order chi connectivity index (χ1) is 14.5. The minimum Gasteiger partial charge on any atom is -0.497 e. The molecule has 0 aromatic heterocycles. The first kappa shape index (κ1) is 19.4. The molecule has 0 radical (unpaired) electrons. The minimum atomic E-state index is -0.481. The Morgan fingerprint density at radius 3 is 2.23 bits per heavy atom. The normalized spacial score (nSPS) is 13.8. The second-order valence-electron chi connectivity index (χ2n) is 6.90. The van der Waals surface area contributed by atoms with Gasteiger partial charge in [0.2, 0.25) is 0 Å². The Labute approximate surface area is 173 Å². The zero-order valence-corrected chi connectivity index (χ0v) is 16.5. The van der Waals surface area contributed by atoms with Gasteiger partial charge in [0.1, 0.15) is 17.3 Å². The maximum absolute atomic E-state index is 13.4. The van der Waals surface area contributed by atoms with Crippen molar-refractivity contribution in [3.63, 3.8) is 0 Å². The van der Waals surface area contributed by atoms with Gasteiger partial charge in [-0.05, 0) is 66.6 Å². The largest absolute Gasteiger partial charge is 0.497 e. The van der Waals surface area contributed by atoms with Gasteiger partial charge in [-0.1, -0.05) is 24.3 Å². The third-order valence-electron chi connectivity index (χ3n) is 4.83. The summed E-state index contributed by atoms with van der Waals surface area (Å²) < 4.78 is 18.6. The standard InChI is InChI=1S/C24H19FN2O3/c1-15-4-3-5-18(14-15)26-22-21(16-6-8-17(25)9-7-16)23(28)27(24(22)29)19-10-12-20(30-2)13-11-19/h3-14,26H,1-2H3. The predicted octanol–water partition coefficient (Wildman–Crippen LogP) is 4.54. The number of aryl methyl sites for hydroxylation is 1. The Balaban J connectivity index is 1.80. The summed E-state index contributed by atoms with van der Waals surface area (Å²) in [6, 6.07) is 19.7. The topological polar surface area (TPSA) is 58.6 Å². The van der Waals surface area contributed by atoms with Gasteiger partial charge in [0.15, 0.2) is 0 Å². The van der Waals surface area contributed by atoms with Crippen molar-refractivity contribution in [2.45, 2.75) is 6.92 Å². The summed E-state index contributed by atoms with van der Waals surface area (Å²) in [5.74, 6) is -0.767. The maximum atomic E-state index is 13.4. The number of halogens is 1. The zero-order chi connectivity index (χ0) is 21.3. The first-order valence-electron chi connectivity index (χ1n) is 9.34. The van der Waals surface area contributed by atoms with Gasteiger partial charge in [0.05, 0.1) is 18.4 Å². The lowest BCUT2D eigenvalue weighted by Gasteiger charge is -2.16. The lowest BCUT2D eigenvalue weighted by Crippen LogP contribution is -2.32. The highest BCUT2D eigenvalue weighted by atomic mass is 19.1.